The number of benzene rings is 1. The van der Waals surface area contributed by atoms with Crippen molar-refractivity contribution in [2.45, 2.75) is 13.1 Å². The zero-order chi connectivity index (χ0) is 11.6. The Hall–Kier alpha value is -0.660. The van der Waals surface area contributed by atoms with Gasteiger partial charge in [0.2, 0.25) is 0 Å². The number of alkyl halides is 3. The zero-order valence-electron chi connectivity index (χ0n) is 7.73. The summed E-state index contributed by atoms with van der Waals surface area (Å²) >= 11 is 1.56. The van der Waals surface area contributed by atoms with Crippen molar-refractivity contribution in [3.63, 3.8) is 0 Å². The molecule has 0 fully saturated rings. The van der Waals surface area contributed by atoms with E-state index in [1.54, 1.807) is 29.5 Å². The van der Waals surface area contributed by atoms with Crippen molar-refractivity contribution in [3.05, 3.63) is 21.3 Å². The number of hydrogen-bond acceptors (Lipinski definition) is 2. The maximum absolute atomic E-state index is 12.4. The molecule has 1 aromatic rings. The van der Waals surface area contributed by atoms with Crippen LogP contribution < -0.4 is 4.74 Å². The molecule has 1 rings (SSSR count). The van der Waals surface area contributed by atoms with Crippen LogP contribution in [0.3, 0.4) is 0 Å². The summed E-state index contributed by atoms with van der Waals surface area (Å²) in [5, 5.41) is 9.28. The van der Waals surface area contributed by atoms with Gasteiger partial charge < -0.3 is 9.84 Å². The first-order valence-corrected chi connectivity index (χ1v) is 5.16. The van der Waals surface area contributed by atoms with Crippen LogP contribution in [0.1, 0.15) is 12.5 Å². The van der Waals surface area contributed by atoms with Crippen LogP contribution in [0.15, 0.2) is 12.1 Å². The first-order valence-electron chi connectivity index (χ1n) is 4.08. The topological polar surface area (TPSA) is 29.5 Å². The van der Waals surface area contributed by atoms with Gasteiger partial charge in [-0.15, -0.1) is 0 Å². The molecule has 0 aliphatic rings. The minimum Gasteiger partial charge on any atom is -0.504 e. The average molecular weight is 332 g/mol. The maximum Gasteiger partial charge on any atom is 0.417 e. The Labute approximate surface area is 98.2 Å². The van der Waals surface area contributed by atoms with Crippen molar-refractivity contribution in [2.75, 3.05) is 6.61 Å². The van der Waals surface area contributed by atoms with Gasteiger partial charge in [0.25, 0.3) is 0 Å². The molecule has 1 aromatic carbocycles. The highest BCUT2D eigenvalue weighted by atomic mass is 127. The molecule has 0 radical (unpaired) electrons. The van der Waals surface area contributed by atoms with Gasteiger partial charge in [0, 0.05) is 3.57 Å². The molecular formula is C9H8F3IO2. The summed E-state index contributed by atoms with van der Waals surface area (Å²) in [5.74, 6) is -0.431. The number of aromatic hydroxyl groups is 1. The Morgan fingerprint density at radius 1 is 1.40 bits per heavy atom. The van der Waals surface area contributed by atoms with E-state index in [0.29, 0.717) is 6.07 Å². The van der Waals surface area contributed by atoms with Gasteiger partial charge in [-0.25, -0.2) is 0 Å². The van der Waals surface area contributed by atoms with Gasteiger partial charge in [0.05, 0.1) is 12.2 Å². The molecule has 1 N–H and O–H groups in total. The zero-order valence-corrected chi connectivity index (χ0v) is 9.89. The minimum absolute atomic E-state index is 0.00125. The SMILES string of the molecule is CCOc1cc(I)c(C(F)(F)F)cc1O. The van der Waals surface area contributed by atoms with E-state index in [2.05, 4.69) is 0 Å². The van der Waals surface area contributed by atoms with Crippen LogP contribution >= 0.6 is 22.6 Å². The molecule has 0 bridgehead atoms. The van der Waals surface area contributed by atoms with Crippen molar-refractivity contribution >= 4 is 22.6 Å². The van der Waals surface area contributed by atoms with Crippen LogP contribution in [0.2, 0.25) is 0 Å². The standard InChI is InChI=1S/C9H8F3IO2/c1-2-15-8-4-6(13)5(3-7(8)14)9(10,11)12/h3-4,14H,2H2,1H3. The molecule has 15 heavy (non-hydrogen) atoms. The molecule has 0 aliphatic heterocycles. The molecular weight excluding hydrogens is 324 g/mol. The molecule has 0 amide bonds. The summed E-state index contributed by atoms with van der Waals surface area (Å²) < 4.78 is 42.1. The molecule has 0 spiro atoms. The van der Waals surface area contributed by atoms with Crippen LogP contribution in [0, 0.1) is 3.57 Å². The van der Waals surface area contributed by atoms with Crippen LogP contribution in [0.25, 0.3) is 0 Å². The van der Waals surface area contributed by atoms with E-state index in [1.807, 2.05) is 0 Å². The van der Waals surface area contributed by atoms with E-state index in [0.717, 1.165) is 0 Å². The second-order valence-corrected chi connectivity index (χ2v) is 3.89. The van der Waals surface area contributed by atoms with Crippen molar-refractivity contribution in [3.8, 4) is 11.5 Å². The molecule has 0 atom stereocenters. The molecule has 0 saturated heterocycles. The van der Waals surface area contributed by atoms with Crippen LogP contribution in [-0.4, -0.2) is 11.7 Å². The monoisotopic (exact) mass is 332 g/mol. The third-order valence-electron chi connectivity index (χ3n) is 1.65. The predicted molar refractivity (Wildman–Crippen MR) is 57.0 cm³/mol. The summed E-state index contributed by atoms with van der Waals surface area (Å²) in [4.78, 5) is 0. The Morgan fingerprint density at radius 3 is 2.47 bits per heavy atom. The molecule has 0 saturated carbocycles. The fraction of sp³-hybridized carbons (Fsp3) is 0.333. The lowest BCUT2D eigenvalue weighted by molar-refractivity contribution is -0.138. The van der Waals surface area contributed by atoms with Crippen LogP contribution in [-0.2, 0) is 6.18 Å². The fourth-order valence-electron chi connectivity index (χ4n) is 1.03. The van der Waals surface area contributed by atoms with Gasteiger partial charge in [-0.3, -0.25) is 0 Å². The van der Waals surface area contributed by atoms with Gasteiger partial charge >= 0.3 is 6.18 Å². The number of ether oxygens (including phenoxy) is 1. The van der Waals surface area contributed by atoms with E-state index < -0.39 is 17.5 Å². The highest BCUT2D eigenvalue weighted by Gasteiger charge is 2.34. The van der Waals surface area contributed by atoms with E-state index in [1.165, 1.54) is 6.07 Å². The largest absolute Gasteiger partial charge is 0.504 e. The van der Waals surface area contributed by atoms with Gasteiger partial charge in [-0.2, -0.15) is 13.2 Å². The third kappa shape index (κ3) is 2.90. The second-order valence-electron chi connectivity index (χ2n) is 2.73. The minimum atomic E-state index is -4.46. The van der Waals surface area contributed by atoms with Crippen LogP contribution in [0.5, 0.6) is 11.5 Å². The number of phenolic OH excluding ortho intramolecular Hbond substituents is 1. The number of phenols is 1. The van der Waals surface area contributed by atoms with Gasteiger partial charge in [0.1, 0.15) is 0 Å². The summed E-state index contributed by atoms with van der Waals surface area (Å²) in [6.45, 7) is 1.97. The second kappa shape index (κ2) is 4.46. The first-order chi connectivity index (χ1) is 6.86. The van der Waals surface area contributed by atoms with Gasteiger partial charge in [0.15, 0.2) is 11.5 Å². The normalized spacial score (nSPS) is 11.5. The van der Waals surface area contributed by atoms with Crippen LogP contribution in [0.4, 0.5) is 13.2 Å². The van der Waals surface area contributed by atoms with Crippen molar-refractivity contribution < 1.29 is 23.0 Å². The lowest BCUT2D eigenvalue weighted by Crippen LogP contribution is -2.07. The molecule has 0 heterocycles. The Kier molecular flexibility index (Phi) is 3.69. The van der Waals surface area contributed by atoms with E-state index in [-0.39, 0.29) is 15.9 Å². The van der Waals surface area contributed by atoms with E-state index in [9.17, 15) is 18.3 Å². The predicted octanol–water partition coefficient (Wildman–Crippen LogP) is 3.41. The lowest BCUT2D eigenvalue weighted by atomic mass is 10.2. The Morgan fingerprint density at radius 2 is 2.00 bits per heavy atom. The van der Waals surface area contributed by atoms with E-state index in [4.69, 9.17) is 4.74 Å². The highest BCUT2D eigenvalue weighted by Crippen LogP contribution is 2.39. The smallest absolute Gasteiger partial charge is 0.417 e. The summed E-state index contributed by atoms with van der Waals surface area (Å²) in [6.07, 6.45) is -4.46. The Balaban J connectivity index is 3.20. The maximum atomic E-state index is 12.4. The van der Waals surface area contributed by atoms with Gasteiger partial charge in [-0.05, 0) is 41.6 Å². The number of hydrogen-bond donors (Lipinski definition) is 1. The summed E-state index contributed by atoms with van der Waals surface area (Å²) in [5.41, 5.74) is -0.857. The van der Waals surface area contributed by atoms with Gasteiger partial charge in [-0.1, -0.05) is 0 Å². The average Bonchev–Trinajstić information content (AvgIpc) is 2.09. The third-order valence-corrected chi connectivity index (χ3v) is 2.55. The molecule has 6 heteroatoms. The van der Waals surface area contributed by atoms with Crippen molar-refractivity contribution in [2.24, 2.45) is 0 Å². The molecule has 0 aliphatic carbocycles. The summed E-state index contributed by atoms with van der Waals surface area (Å²) in [7, 11) is 0. The first kappa shape index (κ1) is 12.4. The molecule has 84 valence electrons. The summed E-state index contributed by atoms with van der Waals surface area (Å²) in [6, 6.07) is 1.84. The molecule has 0 aromatic heterocycles. The lowest BCUT2D eigenvalue weighted by Gasteiger charge is -2.12. The number of rotatable bonds is 2. The highest BCUT2D eigenvalue weighted by molar-refractivity contribution is 14.1. The fourth-order valence-corrected chi connectivity index (χ4v) is 1.78. The van der Waals surface area contributed by atoms with Crippen molar-refractivity contribution in [1.82, 2.24) is 0 Å². The number of halogens is 4. The molecule has 2 nitrogen and oxygen atoms in total. The molecule has 0 unspecified atom stereocenters. The quantitative estimate of drug-likeness (QED) is 0.841. The van der Waals surface area contributed by atoms with Crippen molar-refractivity contribution in [1.29, 1.82) is 0 Å². The Bertz CT molecular complexity index is 363. The van der Waals surface area contributed by atoms with E-state index >= 15 is 0 Å².